The summed E-state index contributed by atoms with van der Waals surface area (Å²) in [7, 11) is 1.53. The Kier molecular flexibility index (Phi) is 7.58. The molecule has 1 amide bonds. The molecule has 1 aromatic heterocycles. The highest BCUT2D eigenvalue weighted by Gasteiger charge is 2.10. The lowest BCUT2D eigenvalue weighted by atomic mass is 10.1. The van der Waals surface area contributed by atoms with Gasteiger partial charge in [-0.2, -0.15) is 5.26 Å². The van der Waals surface area contributed by atoms with Gasteiger partial charge in [-0.3, -0.25) is 4.79 Å². The van der Waals surface area contributed by atoms with Crippen molar-refractivity contribution in [3.05, 3.63) is 70.2 Å². The minimum atomic E-state index is -0.156. The second-order valence-corrected chi connectivity index (χ2v) is 8.09. The molecule has 0 radical (unpaired) electrons. The fraction of sp³-hybridized carbons (Fsp3) is 0.136. The van der Waals surface area contributed by atoms with Crippen LogP contribution in [-0.4, -0.2) is 23.8 Å². The largest absolute Gasteiger partial charge is 0.495 e. The van der Waals surface area contributed by atoms with Gasteiger partial charge in [0.15, 0.2) is 0 Å². The summed E-state index contributed by atoms with van der Waals surface area (Å²) in [5, 5.41) is 13.8. The molecule has 152 valence electrons. The van der Waals surface area contributed by atoms with E-state index in [9.17, 15) is 10.1 Å². The molecule has 0 bridgehead atoms. The zero-order valence-corrected chi connectivity index (χ0v) is 18.3. The summed E-state index contributed by atoms with van der Waals surface area (Å²) in [5.74, 6) is 0.860. The number of hydrogen-bond donors (Lipinski definition) is 1. The number of nitrogens with one attached hydrogen (secondary N) is 1. The number of methoxy groups -OCH3 is 1. The monoisotopic (exact) mass is 457 g/mol. The molecule has 0 spiro atoms. The molecule has 0 aliphatic rings. The van der Waals surface area contributed by atoms with Crippen molar-refractivity contribution in [1.29, 1.82) is 5.26 Å². The number of ether oxygens (including phenoxy) is 1. The van der Waals surface area contributed by atoms with Crippen LogP contribution >= 0.6 is 35.0 Å². The number of halogens is 2. The van der Waals surface area contributed by atoms with Crippen molar-refractivity contribution in [3.8, 4) is 23.1 Å². The third-order valence-electron chi connectivity index (χ3n) is 4.12. The summed E-state index contributed by atoms with van der Waals surface area (Å²) in [5.41, 5.74) is 2.71. The van der Waals surface area contributed by atoms with Crippen molar-refractivity contribution in [1.82, 2.24) is 4.98 Å². The summed E-state index contributed by atoms with van der Waals surface area (Å²) in [6.07, 6.45) is 0.256. The quantitative estimate of drug-likeness (QED) is 0.436. The number of pyridine rings is 1. The molecule has 8 heteroatoms. The molecule has 0 atom stereocenters. The number of amides is 1. The molecule has 3 aromatic rings. The zero-order chi connectivity index (χ0) is 21.5. The van der Waals surface area contributed by atoms with Gasteiger partial charge in [0.05, 0.1) is 23.4 Å². The highest BCUT2D eigenvalue weighted by Crippen LogP contribution is 2.28. The highest BCUT2D eigenvalue weighted by molar-refractivity contribution is 7.99. The van der Waals surface area contributed by atoms with Crippen molar-refractivity contribution in [2.75, 3.05) is 18.2 Å². The maximum Gasteiger partial charge on any atom is 0.225 e. The topological polar surface area (TPSA) is 75.0 Å². The molecule has 0 fully saturated rings. The molecule has 1 N–H and O–H groups in total. The molecule has 1 heterocycles. The summed E-state index contributed by atoms with van der Waals surface area (Å²) in [4.78, 5) is 16.8. The molecule has 0 aliphatic carbocycles. The Bertz CT molecular complexity index is 1100. The van der Waals surface area contributed by atoms with E-state index in [-0.39, 0.29) is 12.3 Å². The van der Waals surface area contributed by atoms with Crippen LogP contribution in [0.25, 0.3) is 11.3 Å². The molecule has 0 saturated heterocycles. The average molecular weight is 458 g/mol. The minimum absolute atomic E-state index is 0.156. The van der Waals surface area contributed by atoms with Crippen molar-refractivity contribution >= 4 is 46.6 Å². The second-order valence-electron chi connectivity index (χ2n) is 6.16. The Labute approximate surface area is 189 Å². The number of nitrogens with zero attached hydrogens (tertiary/aromatic N) is 2. The maximum absolute atomic E-state index is 12.2. The number of thioether (sulfide) groups is 1. The van der Waals surface area contributed by atoms with E-state index in [1.54, 1.807) is 42.5 Å². The average Bonchev–Trinajstić information content (AvgIpc) is 2.74. The Balaban J connectivity index is 1.62. The predicted octanol–water partition coefficient (Wildman–Crippen LogP) is 6.06. The van der Waals surface area contributed by atoms with Gasteiger partial charge in [-0.25, -0.2) is 4.98 Å². The first-order valence-electron chi connectivity index (χ1n) is 8.93. The van der Waals surface area contributed by atoms with Gasteiger partial charge in [0.2, 0.25) is 5.91 Å². The smallest absolute Gasteiger partial charge is 0.225 e. The van der Waals surface area contributed by atoms with Crippen LogP contribution in [0.1, 0.15) is 12.0 Å². The third-order valence-corrected chi connectivity index (χ3v) is 5.66. The van der Waals surface area contributed by atoms with Crippen LogP contribution in [0.5, 0.6) is 5.75 Å². The molecule has 3 rings (SSSR count). The Morgan fingerprint density at radius 1 is 1.17 bits per heavy atom. The summed E-state index contributed by atoms with van der Waals surface area (Å²) < 4.78 is 5.10. The summed E-state index contributed by atoms with van der Waals surface area (Å²) in [6.45, 7) is 0. The predicted molar refractivity (Wildman–Crippen MR) is 121 cm³/mol. The lowest BCUT2D eigenvalue weighted by Gasteiger charge is -2.09. The Morgan fingerprint density at radius 3 is 2.60 bits per heavy atom. The first-order valence-corrected chi connectivity index (χ1v) is 10.7. The van der Waals surface area contributed by atoms with Crippen LogP contribution < -0.4 is 10.1 Å². The number of hydrogen-bond acceptors (Lipinski definition) is 5. The summed E-state index contributed by atoms with van der Waals surface area (Å²) >= 11 is 13.4. The van der Waals surface area contributed by atoms with Gasteiger partial charge >= 0.3 is 0 Å². The van der Waals surface area contributed by atoms with Crippen molar-refractivity contribution in [2.24, 2.45) is 0 Å². The van der Waals surface area contributed by atoms with E-state index in [0.29, 0.717) is 37.8 Å². The number of nitriles is 1. The summed E-state index contributed by atoms with van der Waals surface area (Å²) in [6, 6.07) is 18.1. The van der Waals surface area contributed by atoms with Crippen LogP contribution in [-0.2, 0) is 4.79 Å². The first-order chi connectivity index (χ1) is 14.5. The molecule has 0 aliphatic heterocycles. The molecular weight excluding hydrogens is 441 g/mol. The van der Waals surface area contributed by atoms with Crippen molar-refractivity contribution < 1.29 is 9.53 Å². The van der Waals surface area contributed by atoms with Gasteiger partial charge in [0.25, 0.3) is 0 Å². The first kappa shape index (κ1) is 22.0. The number of rotatable bonds is 7. The van der Waals surface area contributed by atoms with Gasteiger partial charge in [0.1, 0.15) is 16.8 Å². The van der Waals surface area contributed by atoms with E-state index in [2.05, 4.69) is 16.4 Å². The Hall–Kier alpha value is -2.72. The Morgan fingerprint density at radius 2 is 1.93 bits per heavy atom. The highest BCUT2D eigenvalue weighted by atomic mass is 35.5. The molecule has 2 aromatic carbocycles. The maximum atomic E-state index is 12.2. The van der Waals surface area contributed by atoms with Gasteiger partial charge in [-0.05, 0) is 42.5 Å². The number of anilines is 1. The fourth-order valence-electron chi connectivity index (χ4n) is 2.63. The van der Waals surface area contributed by atoms with Crippen LogP contribution in [0.3, 0.4) is 0 Å². The van der Waals surface area contributed by atoms with Crippen LogP contribution in [0.2, 0.25) is 10.0 Å². The lowest BCUT2D eigenvalue weighted by molar-refractivity contribution is -0.115. The van der Waals surface area contributed by atoms with Gasteiger partial charge in [-0.15, -0.1) is 11.8 Å². The lowest BCUT2D eigenvalue weighted by Crippen LogP contribution is -2.12. The molecule has 30 heavy (non-hydrogen) atoms. The van der Waals surface area contributed by atoms with Crippen LogP contribution in [0.15, 0.2) is 59.6 Å². The molecular formula is C22H17Cl2N3O2S. The third kappa shape index (κ3) is 5.67. The van der Waals surface area contributed by atoms with Gasteiger partial charge < -0.3 is 10.1 Å². The standard InChI is InChI=1S/C22H17Cl2N3O2S/c1-29-20-9-7-17(12-18(20)24)26-21(28)10-11-30-22-15(13-25)4-8-19(27-22)14-2-5-16(23)6-3-14/h2-9,12H,10-11H2,1H3,(H,26,28). The SMILES string of the molecule is COc1ccc(NC(=O)CCSc2nc(-c3ccc(Cl)cc3)ccc2C#N)cc1Cl. The second kappa shape index (κ2) is 10.4. The van der Waals surface area contributed by atoms with E-state index in [0.717, 1.165) is 11.3 Å². The van der Waals surface area contributed by atoms with Crippen LogP contribution in [0, 0.1) is 11.3 Å². The van der Waals surface area contributed by atoms with Crippen molar-refractivity contribution in [2.45, 2.75) is 11.4 Å². The minimum Gasteiger partial charge on any atom is -0.495 e. The number of carbonyl (C=O) groups is 1. The van der Waals surface area contributed by atoms with E-state index in [4.69, 9.17) is 27.9 Å². The number of carbonyl (C=O) groups excluding carboxylic acids is 1. The van der Waals surface area contributed by atoms with E-state index in [1.807, 2.05) is 12.1 Å². The van der Waals surface area contributed by atoms with E-state index >= 15 is 0 Å². The van der Waals surface area contributed by atoms with Crippen LogP contribution in [0.4, 0.5) is 5.69 Å². The van der Waals surface area contributed by atoms with Gasteiger partial charge in [0, 0.05) is 28.4 Å². The van der Waals surface area contributed by atoms with Gasteiger partial charge in [-0.1, -0.05) is 35.3 Å². The fourth-order valence-corrected chi connectivity index (χ4v) is 3.92. The van der Waals surface area contributed by atoms with E-state index in [1.165, 1.54) is 18.9 Å². The normalized spacial score (nSPS) is 10.3. The number of benzene rings is 2. The molecule has 0 saturated carbocycles. The van der Waals surface area contributed by atoms with Crippen molar-refractivity contribution in [3.63, 3.8) is 0 Å². The number of aromatic nitrogens is 1. The molecule has 0 unspecified atom stereocenters. The molecule has 5 nitrogen and oxygen atoms in total. The van der Waals surface area contributed by atoms with E-state index < -0.39 is 0 Å². The zero-order valence-electron chi connectivity index (χ0n) is 16.0.